The summed E-state index contributed by atoms with van der Waals surface area (Å²) in [5.41, 5.74) is 6.79. The molecule has 3 heteroatoms. The van der Waals surface area contributed by atoms with Crippen LogP contribution in [0.3, 0.4) is 0 Å². The lowest BCUT2D eigenvalue weighted by atomic mass is 9.93. The van der Waals surface area contributed by atoms with Crippen LogP contribution >= 0.6 is 27.5 Å². The lowest BCUT2D eigenvalue weighted by Crippen LogP contribution is -2.04. The quantitative estimate of drug-likeness (QED) is 0.603. The molecule has 1 nitrogen and oxygen atoms in total. The second-order valence-electron chi connectivity index (χ2n) is 5.47. The number of halogens is 2. The number of hydrogen-bond donors (Lipinski definition) is 0. The molecule has 0 heterocycles. The third kappa shape index (κ3) is 3.12. The summed E-state index contributed by atoms with van der Waals surface area (Å²) < 4.78 is 6.68. The van der Waals surface area contributed by atoms with E-state index in [2.05, 4.69) is 61.0 Å². The topological polar surface area (TPSA) is 9.23 Å². The van der Waals surface area contributed by atoms with Gasteiger partial charge in [0.25, 0.3) is 0 Å². The van der Waals surface area contributed by atoms with Gasteiger partial charge in [-0.25, -0.2) is 0 Å². The monoisotopic (exact) mass is 366 g/mol. The van der Waals surface area contributed by atoms with Crippen molar-refractivity contribution in [1.29, 1.82) is 0 Å². The number of methoxy groups -OCH3 is 1. The van der Waals surface area contributed by atoms with Crippen LogP contribution in [0.15, 0.2) is 28.7 Å². The van der Waals surface area contributed by atoms with Gasteiger partial charge in [0.1, 0.15) is 5.75 Å². The second kappa shape index (κ2) is 6.41. The molecule has 0 amide bonds. The summed E-state index contributed by atoms with van der Waals surface area (Å²) >= 11 is 10.5. The smallest absolute Gasteiger partial charge is 0.127 e. The Bertz CT molecular complexity index is 679. The standard InChI is InChI=1S/C18H20BrClO/c1-10-6-7-11(2)14(8-10)17(20)16-13(4)15(19)9-12(3)18(16)21-5/h6-9,17H,1-5H3. The van der Waals surface area contributed by atoms with E-state index in [1.165, 1.54) is 11.1 Å². The van der Waals surface area contributed by atoms with Crippen molar-refractivity contribution in [2.24, 2.45) is 0 Å². The Morgan fingerprint density at radius 2 is 1.71 bits per heavy atom. The number of aryl methyl sites for hydroxylation is 3. The highest BCUT2D eigenvalue weighted by molar-refractivity contribution is 9.10. The molecule has 21 heavy (non-hydrogen) atoms. The molecule has 112 valence electrons. The maximum atomic E-state index is 6.84. The van der Waals surface area contributed by atoms with Gasteiger partial charge in [-0.1, -0.05) is 39.7 Å². The first-order valence-electron chi connectivity index (χ1n) is 6.91. The van der Waals surface area contributed by atoms with Crippen molar-refractivity contribution in [2.75, 3.05) is 7.11 Å². The highest BCUT2D eigenvalue weighted by Crippen LogP contribution is 2.42. The lowest BCUT2D eigenvalue weighted by molar-refractivity contribution is 0.406. The molecular weight excluding hydrogens is 348 g/mol. The Hall–Kier alpha value is -0.990. The van der Waals surface area contributed by atoms with Crippen molar-refractivity contribution in [3.8, 4) is 5.75 Å². The van der Waals surface area contributed by atoms with E-state index in [0.29, 0.717) is 0 Å². The average Bonchev–Trinajstić information content (AvgIpc) is 2.44. The molecule has 0 saturated carbocycles. The molecule has 0 N–H and O–H groups in total. The van der Waals surface area contributed by atoms with Crippen LogP contribution in [0.1, 0.15) is 38.8 Å². The first-order chi connectivity index (χ1) is 9.86. The molecule has 1 atom stereocenters. The normalized spacial score (nSPS) is 12.3. The Kier molecular flexibility index (Phi) is 5.00. The van der Waals surface area contributed by atoms with Crippen molar-refractivity contribution in [3.05, 3.63) is 62.1 Å². The first-order valence-corrected chi connectivity index (χ1v) is 8.14. The summed E-state index contributed by atoms with van der Waals surface area (Å²) in [5.74, 6) is 0.872. The fourth-order valence-electron chi connectivity index (χ4n) is 2.64. The number of rotatable bonds is 3. The maximum Gasteiger partial charge on any atom is 0.127 e. The van der Waals surface area contributed by atoms with Gasteiger partial charge in [-0.05, 0) is 56.0 Å². The van der Waals surface area contributed by atoms with Gasteiger partial charge >= 0.3 is 0 Å². The van der Waals surface area contributed by atoms with Crippen LogP contribution in [0.5, 0.6) is 5.75 Å². The van der Waals surface area contributed by atoms with Gasteiger partial charge in [0.05, 0.1) is 12.5 Å². The van der Waals surface area contributed by atoms with Crippen LogP contribution in [0, 0.1) is 27.7 Å². The van der Waals surface area contributed by atoms with E-state index in [1.54, 1.807) is 7.11 Å². The predicted octanol–water partition coefficient (Wildman–Crippen LogP) is 6.02. The van der Waals surface area contributed by atoms with E-state index >= 15 is 0 Å². The van der Waals surface area contributed by atoms with Gasteiger partial charge < -0.3 is 4.74 Å². The zero-order valence-electron chi connectivity index (χ0n) is 13.1. The van der Waals surface area contributed by atoms with Crippen LogP contribution < -0.4 is 4.74 Å². The molecule has 0 aromatic heterocycles. The van der Waals surface area contributed by atoms with Crippen LogP contribution in [-0.2, 0) is 0 Å². The van der Waals surface area contributed by atoms with Gasteiger partial charge in [-0.3, -0.25) is 0 Å². The van der Waals surface area contributed by atoms with Crippen LogP contribution in [0.4, 0.5) is 0 Å². The summed E-state index contributed by atoms with van der Waals surface area (Å²) in [6.07, 6.45) is 0. The summed E-state index contributed by atoms with van der Waals surface area (Å²) in [6.45, 7) is 8.29. The third-order valence-corrected chi connectivity index (χ3v) is 5.15. The highest BCUT2D eigenvalue weighted by Gasteiger charge is 2.23. The molecule has 2 aromatic rings. The molecule has 0 fully saturated rings. The summed E-state index contributed by atoms with van der Waals surface area (Å²) in [6, 6.07) is 8.46. The SMILES string of the molecule is COc1c(C)cc(Br)c(C)c1C(Cl)c1cc(C)ccc1C. The minimum atomic E-state index is -0.226. The molecule has 0 aliphatic carbocycles. The Balaban J connectivity index is 2.68. The van der Waals surface area contributed by atoms with E-state index < -0.39 is 0 Å². The van der Waals surface area contributed by atoms with Crippen molar-refractivity contribution in [1.82, 2.24) is 0 Å². The molecule has 0 radical (unpaired) electrons. The lowest BCUT2D eigenvalue weighted by Gasteiger charge is -2.21. The highest BCUT2D eigenvalue weighted by atomic mass is 79.9. The molecular formula is C18H20BrClO. The van der Waals surface area contributed by atoms with E-state index in [1.807, 2.05) is 6.92 Å². The van der Waals surface area contributed by atoms with Gasteiger partial charge in [0.15, 0.2) is 0 Å². The van der Waals surface area contributed by atoms with Crippen LogP contribution in [-0.4, -0.2) is 7.11 Å². The minimum absolute atomic E-state index is 0.226. The summed E-state index contributed by atoms with van der Waals surface area (Å²) in [5, 5.41) is -0.226. The van der Waals surface area contributed by atoms with Crippen molar-refractivity contribution in [3.63, 3.8) is 0 Å². The Morgan fingerprint density at radius 1 is 1.05 bits per heavy atom. The average molecular weight is 368 g/mol. The van der Waals surface area contributed by atoms with Crippen LogP contribution in [0.25, 0.3) is 0 Å². The molecule has 0 saturated heterocycles. The molecule has 2 rings (SSSR count). The number of benzene rings is 2. The number of alkyl halides is 1. The van der Waals surface area contributed by atoms with Gasteiger partial charge in [-0.15, -0.1) is 11.6 Å². The van der Waals surface area contributed by atoms with Crippen molar-refractivity contribution in [2.45, 2.75) is 33.1 Å². The number of hydrogen-bond acceptors (Lipinski definition) is 1. The van der Waals surface area contributed by atoms with Crippen molar-refractivity contribution >= 4 is 27.5 Å². The molecule has 0 bridgehead atoms. The van der Waals surface area contributed by atoms with E-state index in [4.69, 9.17) is 16.3 Å². The van der Waals surface area contributed by atoms with Gasteiger partial charge in [0, 0.05) is 10.0 Å². The zero-order valence-corrected chi connectivity index (χ0v) is 15.4. The number of ether oxygens (including phenoxy) is 1. The predicted molar refractivity (Wildman–Crippen MR) is 93.8 cm³/mol. The molecule has 2 aromatic carbocycles. The van der Waals surface area contributed by atoms with Gasteiger partial charge in [0.2, 0.25) is 0 Å². The van der Waals surface area contributed by atoms with Gasteiger partial charge in [-0.2, -0.15) is 0 Å². The third-order valence-electron chi connectivity index (χ3n) is 3.87. The fourth-order valence-corrected chi connectivity index (χ4v) is 3.69. The Labute approximate surface area is 140 Å². The van der Waals surface area contributed by atoms with Crippen LogP contribution in [0.2, 0.25) is 0 Å². The summed E-state index contributed by atoms with van der Waals surface area (Å²) in [7, 11) is 1.70. The van der Waals surface area contributed by atoms with E-state index in [-0.39, 0.29) is 5.38 Å². The van der Waals surface area contributed by atoms with Crippen molar-refractivity contribution < 1.29 is 4.74 Å². The summed E-state index contributed by atoms with van der Waals surface area (Å²) in [4.78, 5) is 0. The molecule has 0 aliphatic rings. The first kappa shape index (κ1) is 16.4. The molecule has 1 unspecified atom stereocenters. The molecule has 0 aliphatic heterocycles. The largest absolute Gasteiger partial charge is 0.496 e. The molecule has 0 spiro atoms. The second-order valence-corrected chi connectivity index (χ2v) is 6.76. The fraction of sp³-hybridized carbons (Fsp3) is 0.333. The Morgan fingerprint density at radius 3 is 2.33 bits per heavy atom. The maximum absolute atomic E-state index is 6.84. The minimum Gasteiger partial charge on any atom is -0.496 e. The van der Waals surface area contributed by atoms with E-state index in [9.17, 15) is 0 Å². The zero-order chi connectivity index (χ0) is 15.7. The van der Waals surface area contributed by atoms with E-state index in [0.717, 1.165) is 32.5 Å².